The fourth-order valence-corrected chi connectivity index (χ4v) is 3.34. The third kappa shape index (κ3) is 3.00. The zero-order valence-corrected chi connectivity index (χ0v) is 10.7. The summed E-state index contributed by atoms with van der Waals surface area (Å²) in [6.07, 6.45) is 2.42. The smallest absolute Gasteiger partial charge is 0.0471 e. The van der Waals surface area contributed by atoms with Gasteiger partial charge in [0.2, 0.25) is 0 Å². The van der Waals surface area contributed by atoms with Gasteiger partial charge in [0.15, 0.2) is 0 Å². The Morgan fingerprint density at radius 3 is 1.25 bits per heavy atom. The fraction of sp³-hybridized carbons (Fsp3) is 1.00. The normalized spacial score (nSPS) is 20.6. The highest BCUT2D eigenvalue weighted by molar-refractivity contribution is 4.99. The van der Waals surface area contributed by atoms with Gasteiger partial charge in [-0.1, -0.05) is 56.4 Å². The van der Waals surface area contributed by atoms with Gasteiger partial charge in [-0.2, -0.15) is 0 Å². The van der Waals surface area contributed by atoms with Crippen molar-refractivity contribution in [3.8, 4) is 0 Å². The molecule has 0 atom stereocenters. The van der Waals surface area contributed by atoms with Crippen LogP contribution in [0.3, 0.4) is 0 Å². The van der Waals surface area contributed by atoms with Crippen molar-refractivity contribution in [3.63, 3.8) is 0 Å². The van der Waals surface area contributed by atoms with Crippen molar-refractivity contribution in [2.24, 2.45) is 16.2 Å². The standard InChI is InChI=1S/C13H26O.2CH4/c1-11(2,3)13(12(4,5)6)7-9-14-10-8-13;;/h7-10H2,1-6H3;2*1H4. The summed E-state index contributed by atoms with van der Waals surface area (Å²) < 4.78 is 5.52. The van der Waals surface area contributed by atoms with Crippen LogP contribution in [0, 0.1) is 16.2 Å². The van der Waals surface area contributed by atoms with E-state index < -0.39 is 0 Å². The van der Waals surface area contributed by atoms with Gasteiger partial charge in [-0.05, 0) is 29.1 Å². The minimum Gasteiger partial charge on any atom is -0.381 e. The molecule has 0 spiro atoms. The SMILES string of the molecule is C.C.CC(C)(C)C1(C(C)(C)C)CCOCC1. The van der Waals surface area contributed by atoms with Gasteiger partial charge in [0.05, 0.1) is 0 Å². The Hall–Kier alpha value is -0.0400. The van der Waals surface area contributed by atoms with E-state index in [1.807, 2.05) is 0 Å². The van der Waals surface area contributed by atoms with Crippen molar-refractivity contribution >= 4 is 0 Å². The molecule has 0 saturated carbocycles. The minimum absolute atomic E-state index is 0. The summed E-state index contributed by atoms with van der Waals surface area (Å²) in [6.45, 7) is 16.1. The highest BCUT2D eigenvalue weighted by Crippen LogP contribution is 2.57. The van der Waals surface area contributed by atoms with Crippen LogP contribution in [0.2, 0.25) is 0 Å². The Morgan fingerprint density at radius 2 is 1.06 bits per heavy atom. The van der Waals surface area contributed by atoms with Gasteiger partial charge in [-0.15, -0.1) is 0 Å². The molecule has 0 aromatic heterocycles. The predicted molar refractivity (Wildman–Crippen MR) is 74.9 cm³/mol. The lowest BCUT2D eigenvalue weighted by Crippen LogP contribution is -2.49. The molecule has 1 heteroatoms. The van der Waals surface area contributed by atoms with Crippen LogP contribution >= 0.6 is 0 Å². The first kappa shape index (κ1) is 18.3. The van der Waals surface area contributed by atoms with E-state index in [0.29, 0.717) is 16.2 Å². The molecule has 0 N–H and O–H groups in total. The topological polar surface area (TPSA) is 9.23 Å². The van der Waals surface area contributed by atoms with E-state index in [0.717, 1.165) is 13.2 Å². The van der Waals surface area contributed by atoms with Gasteiger partial charge in [-0.25, -0.2) is 0 Å². The maximum absolute atomic E-state index is 5.52. The Bertz CT molecular complexity index is 170. The van der Waals surface area contributed by atoms with E-state index in [9.17, 15) is 0 Å². The van der Waals surface area contributed by atoms with Gasteiger partial charge in [0.1, 0.15) is 0 Å². The third-order valence-electron chi connectivity index (χ3n) is 4.22. The van der Waals surface area contributed by atoms with E-state index >= 15 is 0 Å². The molecule has 1 saturated heterocycles. The largest absolute Gasteiger partial charge is 0.381 e. The van der Waals surface area contributed by atoms with Crippen LogP contribution in [0.4, 0.5) is 0 Å². The molecule has 0 aliphatic carbocycles. The van der Waals surface area contributed by atoms with Gasteiger partial charge < -0.3 is 4.74 Å². The maximum Gasteiger partial charge on any atom is 0.0471 e. The van der Waals surface area contributed by atoms with Gasteiger partial charge in [0, 0.05) is 13.2 Å². The first-order valence-corrected chi connectivity index (χ1v) is 5.78. The molecule has 0 bridgehead atoms. The van der Waals surface area contributed by atoms with Crippen LogP contribution in [-0.4, -0.2) is 13.2 Å². The molecule has 1 fully saturated rings. The molecule has 0 amide bonds. The van der Waals surface area contributed by atoms with Gasteiger partial charge >= 0.3 is 0 Å². The van der Waals surface area contributed by atoms with Gasteiger partial charge in [0.25, 0.3) is 0 Å². The molecule has 1 nitrogen and oxygen atoms in total. The van der Waals surface area contributed by atoms with E-state index in [1.54, 1.807) is 0 Å². The zero-order chi connectivity index (χ0) is 11.0. The monoisotopic (exact) mass is 230 g/mol. The van der Waals surface area contributed by atoms with Crippen LogP contribution in [0.25, 0.3) is 0 Å². The van der Waals surface area contributed by atoms with E-state index in [1.165, 1.54) is 12.8 Å². The summed E-state index contributed by atoms with van der Waals surface area (Å²) >= 11 is 0. The van der Waals surface area contributed by atoms with Crippen molar-refractivity contribution in [1.29, 1.82) is 0 Å². The lowest BCUT2D eigenvalue weighted by atomic mass is 9.51. The molecule has 0 aromatic carbocycles. The Kier molecular flexibility index (Phi) is 6.34. The van der Waals surface area contributed by atoms with Crippen molar-refractivity contribution in [2.45, 2.75) is 69.2 Å². The molecule has 0 radical (unpaired) electrons. The molecule has 1 aliphatic rings. The fourth-order valence-electron chi connectivity index (χ4n) is 3.34. The first-order valence-electron chi connectivity index (χ1n) is 5.78. The highest BCUT2D eigenvalue weighted by atomic mass is 16.5. The summed E-state index contributed by atoms with van der Waals surface area (Å²) in [5.41, 5.74) is 1.17. The average molecular weight is 230 g/mol. The highest BCUT2D eigenvalue weighted by Gasteiger charge is 2.50. The molecule has 1 rings (SSSR count). The number of hydrogen-bond acceptors (Lipinski definition) is 1. The third-order valence-corrected chi connectivity index (χ3v) is 4.22. The Balaban J connectivity index is 0. The van der Waals surface area contributed by atoms with Crippen molar-refractivity contribution in [1.82, 2.24) is 0 Å². The Labute approximate surface area is 104 Å². The van der Waals surface area contributed by atoms with Crippen molar-refractivity contribution in [3.05, 3.63) is 0 Å². The molecule has 0 aromatic rings. The summed E-state index contributed by atoms with van der Waals surface area (Å²) in [5.74, 6) is 0. The van der Waals surface area contributed by atoms with Crippen LogP contribution in [0.15, 0.2) is 0 Å². The van der Waals surface area contributed by atoms with Crippen LogP contribution in [-0.2, 0) is 4.74 Å². The second-order valence-corrected chi connectivity index (χ2v) is 6.69. The van der Waals surface area contributed by atoms with E-state index in [-0.39, 0.29) is 14.9 Å². The lowest BCUT2D eigenvalue weighted by molar-refractivity contribution is -0.113. The summed E-state index contributed by atoms with van der Waals surface area (Å²) in [7, 11) is 0. The first-order chi connectivity index (χ1) is 6.21. The molecule has 16 heavy (non-hydrogen) atoms. The zero-order valence-electron chi connectivity index (χ0n) is 10.7. The molecule has 100 valence electrons. The lowest BCUT2D eigenvalue weighted by Gasteiger charge is -2.56. The molecular formula is C15H34O. The number of ether oxygens (including phenoxy) is 1. The second kappa shape index (κ2) is 5.53. The molecule has 0 unspecified atom stereocenters. The summed E-state index contributed by atoms with van der Waals surface area (Å²) in [5, 5.41) is 0. The minimum atomic E-state index is 0. The van der Waals surface area contributed by atoms with Crippen molar-refractivity contribution < 1.29 is 4.74 Å². The molecule has 1 aliphatic heterocycles. The van der Waals surface area contributed by atoms with Gasteiger partial charge in [-0.3, -0.25) is 0 Å². The van der Waals surface area contributed by atoms with Crippen LogP contribution < -0.4 is 0 Å². The molecular weight excluding hydrogens is 196 g/mol. The van der Waals surface area contributed by atoms with E-state index in [2.05, 4.69) is 41.5 Å². The summed E-state index contributed by atoms with van der Waals surface area (Å²) in [4.78, 5) is 0. The second-order valence-electron chi connectivity index (χ2n) is 6.69. The summed E-state index contributed by atoms with van der Waals surface area (Å²) in [6, 6.07) is 0. The van der Waals surface area contributed by atoms with E-state index in [4.69, 9.17) is 4.74 Å². The van der Waals surface area contributed by atoms with Crippen LogP contribution in [0.1, 0.15) is 69.2 Å². The Morgan fingerprint density at radius 1 is 0.750 bits per heavy atom. The molecule has 1 heterocycles. The predicted octanol–water partition coefficient (Wildman–Crippen LogP) is 5.15. The quantitative estimate of drug-likeness (QED) is 0.559. The average Bonchev–Trinajstić information content (AvgIpc) is 2.02. The number of rotatable bonds is 0. The number of hydrogen-bond donors (Lipinski definition) is 0. The van der Waals surface area contributed by atoms with Crippen LogP contribution in [0.5, 0.6) is 0 Å². The maximum atomic E-state index is 5.52. The van der Waals surface area contributed by atoms with Crippen molar-refractivity contribution in [2.75, 3.05) is 13.2 Å².